The summed E-state index contributed by atoms with van der Waals surface area (Å²) >= 11 is 0. The van der Waals surface area contributed by atoms with Crippen molar-refractivity contribution in [3.63, 3.8) is 0 Å². The van der Waals surface area contributed by atoms with Crippen LogP contribution in [0.1, 0.15) is 198 Å². The molecule has 7 nitrogen and oxygen atoms in total. The second-order valence-corrected chi connectivity index (χ2v) is 29.1. The Morgan fingerprint density at radius 1 is 0.417 bits per heavy atom. The number of nitrogens with one attached hydrogen (secondary N) is 2. The number of benzene rings is 6. The van der Waals surface area contributed by atoms with E-state index >= 15 is 0 Å². The lowest BCUT2D eigenvalue weighted by Gasteiger charge is -2.27. The van der Waals surface area contributed by atoms with Crippen LogP contribution >= 0.6 is 0 Å². The highest BCUT2D eigenvalue weighted by atomic mass is 16.7. The molecule has 0 atom stereocenters. The first kappa shape index (κ1) is 64.3. The van der Waals surface area contributed by atoms with Gasteiger partial charge in [0.25, 0.3) is 0 Å². The molecule has 7 heteroatoms. The molecule has 1 aliphatic carbocycles. The number of rotatable bonds is 0. The van der Waals surface area contributed by atoms with Gasteiger partial charge in [-0.3, -0.25) is 4.99 Å². The summed E-state index contributed by atoms with van der Waals surface area (Å²) in [7, 11) is 0. The lowest BCUT2D eigenvalue weighted by molar-refractivity contribution is 0.171. The molecule has 5 heterocycles. The van der Waals surface area contributed by atoms with Gasteiger partial charge in [0.1, 0.15) is 13.2 Å². The smallest absolute Gasteiger partial charge is 0.231 e. The molecule has 6 aromatic carbocycles. The van der Waals surface area contributed by atoms with Gasteiger partial charge >= 0.3 is 0 Å². The predicted octanol–water partition coefficient (Wildman–Crippen LogP) is 20.4. The van der Waals surface area contributed by atoms with Crippen LogP contribution in [-0.4, -0.2) is 26.2 Å². The molecule has 0 saturated carbocycles. The molecule has 5 aliphatic heterocycles. The Labute approximate surface area is 506 Å². The van der Waals surface area contributed by atoms with Crippen LogP contribution in [0, 0.1) is 6.92 Å². The zero-order valence-electron chi connectivity index (χ0n) is 54.6. The summed E-state index contributed by atoms with van der Waals surface area (Å²) in [6.45, 7) is 51.9. The van der Waals surface area contributed by atoms with Crippen molar-refractivity contribution in [1.82, 2.24) is 0 Å². The summed E-state index contributed by atoms with van der Waals surface area (Å²) in [4.78, 5) is 4.35. The summed E-state index contributed by atoms with van der Waals surface area (Å²) in [6.07, 6.45) is 14.8. The molecular formula is C77H99N3O4. The van der Waals surface area contributed by atoms with Gasteiger partial charge < -0.3 is 29.6 Å². The lowest BCUT2D eigenvalue weighted by atomic mass is 9.82. The Kier molecular flexibility index (Phi) is 19.9. The number of fused-ring (bicyclic) bond motifs is 6. The predicted molar refractivity (Wildman–Crippen MR) is 360 cm³/mol. The third-order valence-corrected chi connectivity index (χ3v) is 15.7. The van der Waals surface area contributed by atoms with E-state index in [0.29, 0.717) is 20.0 Å². The minimum atomic E-state index is 0.163. The second-order valence-electron chi connectivity index (χ2n) is 29.1. The molecule has 0 bridgehead atoms. The molecule has 0 fully saturated rings. The largest absolute Gasteiger partial charge is 0.486 e. The highest BCUT2D eigenvalue weighted by Crippen LogP contribution is 2.39. The first-order valence-corrected chi connectivity index (χ1v) is 30.3. The van der Waals surface area contributed by atoms with Crippen LogP contribution in [0.2, 0.25) is 0 Å². The molecule has 446 valence electrons. The normalized spacial score (nSPS) is 15.0. The molecule has 12 rings (SSSR count). The van der Waals surface area contributed by atoms with Crippen molar-refractivity contribution in [2.75, 3.05) is 30.6 Å². The maximum Gasteiger partial charge on any atom is 0.231 e. The van der Waals surface area contributed by atoms with Crippen molar-refractivity contribution in [3.8, 4) is 23.0 Å². The SMILES string of the molecule is C=C1C=Cc2ccc(C(C)(C)C)cc2N1.C=C1CCc2cc(C)c(C(C)(C)C)cc2N1.CC(C)(C)c1ccc2c(c1)CC=C2.CC(C)(C)c1ccc2c(c1)N=CC2.CC(C)(C)c1ccc2c(c1)OCCO2.CC(C)(C)c1ccc2c(c1)OCO2. The molecule has 6 aliphatic rings. The summed E-state index contributed by atoms with van der Waals surface area (Å²) in [6, 6.07) is 36.9. The summed E-state index contributed by atoms with van der Waals surface area (Å²) < 4.78 is 21.6. The lowest BCUT2D eigenvalue weighted by Crippen LogP contribution is -2.17. The van der Waals surface area contributed by atoms with Crippen molar-refractivity contribution < 1.29 is 18.9 Å². The van der Waals surface area contributed by atoms with E-state index in [0.717, 1.165) is 71.5 Å². The maximum absolute atomic E-state index is 5.53. The summed E-state index contributed by atoms with van der Waals surface area (Å²) in [5.74, 6) is 3.47. The minimum Gasteiger partial charge on any atom is -0.486 e. The quantitative estimate of drug-likeness (QED) is 0.158. The highest BCUT2D eigenvalue weighted by Gasteiger charge is 2.24. The van der Waals surface area contributed by atoms with Crippen molar-refractivity contribution in [3.05, 3.63) is 207 Å². The van der Waals surface area contributed by atoms with Gasteiger partial charge in [0, 0.05) is 35.4 Å². The van der Waals surface area contributed by atoms with E-state index in [1.165, 1.54) is 72.4 Å². The topological polar surface area (TPSA) is 73.3 Å². The van der Waals surface area contributed by atoms with E-state index in [-0.39, 0.29) is 32.5 Å². The number of aryl methyl sites for hydroxylation is 2. The Hall–Kier alpha value is -7.25. The Balaban J connectivity index is 0.000000145. The molecule has 0 unspecified atom stereocenters. The van der Waals surface area contributed by atoms with Gasteiger partial charge in [0.15, 0.2) is 23.0 Å². The van der Waals surface area contributed by atoms with Crippen molar-refractivity contribution in [2.24, 2.45) is 4.99 Å². The molecular weight excluding hydrogens is 1030 g/mol. The standard InChI is InChI=1S/C15H21N.C14H17N.C13H16.C12H15N.C12H16O2.C11H14O2/c1-10-8-12-7-6-11(2)16-14(12)9-13(10)15(3,4)5;1-10-5-6-11-7-8-12(14(2,3)4)9-13(11)15-10;1-13(2,3)12-8-7-10-5-4-6-11(10)9-12;1-12(2,3)10-5-4-9-6-7-13-11(9)8-10;1-12(2,3)9-4-5-10-11(8-9)14-7-6-13-10;1-11(2,3)8-4-5-9-10(6-8)13-7-12-9/h8-9,16H,2,6-7H2,1,3-5H3;5-9,15H,1H2,2-4H3;4-5,7-9H,6H2,1-3H3;4-5,7-8H,6H2,1-3H3;4-5,8H,6-7H2,1-3H3;4-6H,7H2,1-3H3. The Morgan fingerprint density at radius 2 is 0.929 bits per heavy atom. The van der Waals surface area contributed by atoms with Crippen LogP contribution in [-0.2, 0) is 51.8 Å². The Bertz CT molecular complexity index is 3390. The summed E-state index contributed by atoms with van der Waals surface area (Å²) in [5.41, 5.74) is 23.3. The fraction of sp³-hybridized carbons (Fsp3) is 0.416. The van der Waals surface area contributed by atoms with E-state index in [4.69, 9.17) is 18.9 Å². The average molecular weight is 1130 g/mol. The first-order valence-electron chi connectivity index (χ1n) is 30.3. The van der Waals surface area contributed by atoms with Gasteiger partial charge in [-0.05, 0) is 174 Å². The number of allylic oxidation sites excluding steroid dienone is 3. The molecule has 84 heavy (non-hydrogen) atoms. The van der Waals surface area contributed by atoms with Gasteiger partial charge in [-0.2, -0.15) is 0 Å². The number of nitrogens with zero attached hydrogens (tertiary/aromatic N) is 1. The molecule has 0 saturated heterocycles. The molecule has 0 amide bonds. The first-order chi connectivity index (χ1) is 39.1. The molecule has 6 aromatic rings. The number of hydrogen-bond acceptors (Lipinski definition) is 7. The average Bonchev–Trinajstić information content (AvgIpc) is 4.38. The van der Waals surface area contributed by atoms with E-state index in [1.54, 1.807) is 0 Å². The molecule has 0 radical (unpaired) electrons. The van der Waals surface area contributed by atoms with E-state index in [1.807, 2.05) is 24.4 Å². The van der Waals surface area contributed by atoms with Crippen molar-refractivity contribution in [2.45, 2.75) is 190 Å². The van der Waals surface area contributed by atoms with E-state index < -0.39 is 0 Å². The van der Waals surface area contributed by atoms with E-state index in [9.17, 15) is 0 Å². The second kappa shape index (κ2) is 25.9. The van der Waals surface area contributed by atoms with Crippen LogP contribution in [0.5, 0.6) is 23.0 Å². The zero-order chi connectivity index (χ0) is 61.6. The van der Waals surface area contributed by atoms with Crippen LogP contribution in [0.25, 0.3) is 12.2 Å². The maximum atomic E-state index is 5.53. The van der Waals surface area contributed by atoms with Gasteiger partial charge in [0.2, 0.25) is 6.79 Å². The summed E-state index contributed by atoms with van der Waals surface area (Å²) in [5, 5.41) is 6.70. The van der Waals surface area contributed by atoms with Crippen LogP contribution in [0.3, 0.4) is 0 Å². The highest BCUT2D eigenvalue weighted by molar-refractivity contribution is 5.76. The van der Waals surface area contributed by atoms with Crippen molar-refractivity contribution in [1.29, 1.82) is 0 Å². The van der Waals surface area contributed by atoms with E-state index in [2.05, 4.69) is 270 Å². The third-order valence-electron chi connectivity index (χ3n) is 15.7. The van der Waals surface area contributed by atoms with Crippen LogP contribution in [0.4, 0.5) is 17.1 Å². The number of hydrogen-bond donors (Lipinski definition) is 2. The van der Waals surface area contributed by atoms with Crippen molar-refractivity contribution >= 4 is 35.4 Å². The van der Waals surface area contributed by atoms with Crippen LogP contribution < -0.4 is 29.6 Å². The van der Waals surface area contributed by atoms with Gasteiger partial charge in [-0.15, -0.1) is 0 Å². The number of aliphatic imine (C=N–C) groups is 1. The number of ether oxygens (including phenoxy) is 4. The third kappa shape index (κ3) is 17.4. The van der Waals surface area contributed by atoms with Gasteiger partial charge in [-0.1, -0.05) is 217 Å². The zero-order valence-corrected chi connectivity index (χ0v) is 54.6. The number of anilines is 2. The molecule has 0 spiro atoms. The Morgan fingerprint density at radius 3 is 1.54 bits per heavy atom. The molecule has 2 N–H and O–H groups in total. The fourth-order valence-electron chi connectivity index (χ4n) is 10.3. The van der Waals surface area contributed by atoms with Gasteiger partial charge in [-0.25, -0.2) is 0 Å². The van der Waals surface area contributed by atoms with Crippen LogP contribution in [0.15, 0.2) is 145 Å². The molecule has 0 aromatic heterocycles. The van der Waals surface area contributed by atoms with Gasteiger partial charge in [0.05, 0.1) is 5.69 Å². The minimum absolute atomic E-state index is 0.163. The monoisotopic (exact) mass is 1130 g/mol. The fourth-order valence-corrected chi connectivity index (χ4v) is 10.3.